The van der Waals surface area contributed by atoms with Gasteiger partial charge in [0.1, 0.15) is 17.2 Å². The maximum Gasteiger partial charge on any atom is 0.278 e. The Balaban J connectivity index is 1.80. The summed E-state index contributed by atoms with van der Waals surface area (Å²) in [5.41, 5.74) is -0.488. The summed E-state index contributed by atoms with van der Waals surface area (Å²) in [6.45, 7) is 0. The van der Waals surface area contributed by atoms with Gasteiger partial charge in [0, 0.05) is 12.4 Å². The SMILES string of the molecule is O=C(Nc1cccnc1)c1n[nH]cc1NC(=O)c1c(F)cccc1F. The molecule has 7 nitrogen and oxygen atoms in total. The predicted molar refractivity (Wildman–Crippen MR) is 85.1 cm³/mol. The van der Waals surface area contributed by atoms with Gasteiger partial charge in [0.2, 0.25) is 0 Å². The van der Waals surface area contributed by atoms with Gasteiger partial charge in [-0.05, 0) is 24.3 Å². The molecule has 0 unspecified atom stereocenters. The summed E-state index contributed by atoms with van der Waals surface area (Å²) in [6.07, 6.45) is 4.20. The van der Waals surface area contributed by atoms with Gasteiger partial charge in [-0.2, -0.15) is 5.10 Å². The number of amides is 2. The van der Waals surface area contributed by atoms with Gasteiger partial charge in [-0.25, -0.2) is 8.78 Å². The normalized spacial score (nSPS) is 10.3. The summed E-state index contributed by atoms with van der Waals surface area (Å²) in [5.74, 6) is -3.68. The Bertz CT molecular complexity index is 907. The van der Waals surface area contributed by atoms with E-state index >= 15 is 0 Å². The Morgan fingerprint density at radius 1 is 1.00 bits per heavy atom. The fourth-order valence-corrected chi connectivity index (χ4v) is 2.08. The highest BCUT2D eigenvalue weighted by Gasteiger charge is 2.21. The summed E-state index contributed by atoms with van der Waals surface area (Å²) in [7, 11) is 0. The fourth-order valence-electron chi connectivity index (χ4n) is 2.08. The van der Waals surface area contributed by atoms with E-state index in [1.54, 1.807) is 18.3 Å². The first-order valence-corrected chi connectivity index (χ1v) is 7.07. The van der Waals surface area contributed by atoms with Crippen molar-refractivity contribution in [1.29, 1.82) is 0 Å². The quantitative estimate of drug-likeness (QED) is 0.678. The van der Waals surface area contributed by atoms with Crippen LogP contribution in [-0.2, 0) is 0 Å². The van der Waals surface area contributed by atoms with Crippen LogP contribution in [0.2, 0.25) is 0 Å². The molecule has 3 aromatic rings. The number of hydrogen-bond donors (Lipinski definition) is 3. The van der Waals surface area contributed by atoms with Gasteiger partial charge in [0.25, 0.3) is 11.8 Å². The van der Waals surface area contributed by atoms with E-state index in [9.17, 15) is 18.4 Å². The smallest absolute Gasteiger partial charge is 0.278 e. The highest BCUT2D eigenvalue weighted by atomic mass is 19.1. The molecule has 0 fully saturated rings. The molecule has 126 valence electrons. The van der Waals surface area contributed by atoms with Crippen LogP contribution in [0.15, 0.2) is 48.9 Å². The summed E-state index contributed by atoms with van der Waals surface area (Å²) >= 11 is 0. The lowest BCUT2D eigenvalue weighted by molar-refractivity contribution is 0.101. The second-order valence-electron chi connectivity index (χ2n) is 4.89. The average molecular weight is 343 g/mol. The number of nitrogens with one attached hydrogen (secondary N) is 3. The molecule has 9 heteroatoms. The van der Waals surface area contributed by atoms with E-state index in [2.05, 4.69) is 25.8 Å². The Morgan fingerprint density at radius 2 is 1.76 bits per heavy atom. The number of carbonyl (C=O) groups excluding carboxylic acids is 2. The third-order valence-electron chi connectivity index (χ3n) is 3.21. The van der Waals surface area contributed by atoms with Crippen LogP contribution in [0.1, 0.15) is 20.8 Å². The highest BCUT2D eigenvalue weighted by Crippen LogP contribution is 2.18. The molecule has 0 radical (unpaired) electrons. The van der Waals surface area contributed by atoms with Crippen molar-refractivity contribution in [3.05, 3.63) is 71.8 Å². The molecule has 0 atom stereocenters. The van der Waals surface area contributed by atoms with Gasteiger partial charge in [0.05, 0.1) is 17.6 Å². The van der Waals surface area contributed by atoms with Crippen molar-refractivity contribution in [3.63, 3.8) is 0 Å². The van der Waals surface area contributed by atoms with E-state index in [0.29, 0.717) is 5.69 Å². The molecule has 0 saturated carbocycles. The number of halogens is 2. The third-order valence-corrected chi connectivity index (χ3v) is 3.21. The Morgan fingerprint density at radius 3 is 2.44 bits per heavy atom. The van der Waals surface area contributed by atoms with E-state index in [1.807, 2.05) is 0 Å². The van der Waals surface area contributed by atoms with Crippen molar-refractivity contribution in [2.24, 2.45) is 0 Å². The van der Waals surface area contributed by atoms with Crippen LogP contribution in [-0.4, -0.2) is 27.0 Å². The minimum atomic E-state index is -1.03. The summed E-state index contributed by atoms with van der Waals surface area (Å²) in [6, 6.07) is 6.31. The van der Waals surface area contributed by atoms with Gasteiger partial charge in [-0.3, -0.25) is 19.7 Å². The molecular weight excluding hydrogens is 332 g/mol. The number of aromatic nitrogens is 3. The molecule has 2 aromatic heterocycles. The predicted octanol–water partition coefficient (Wildman–Crippen LogP) is 2.59. The first-order valence-electron chi connectivity index (χ1n) is 7.07. The lowest BCUT2D eigenvalue weighted by Gasteiger charge is -2.07. The van der Waals surface area contributed by atoms with Crippen molar-refractivity contribution in [3.8, 4) is 0 Å². The lowest BCUT2D eigenvalue weighted by atomic mass is 10.2. The van der Waals surface area contributed by atoms with Crippen LogP contribution in [0.25, 0.3) is 0 Å². The Hall–Kier alpha value is -3.62. The fraction of sp³-hybridized carbons (Fsp3) is 0. The molecule has 3 N–H and O–H groups in total. The number of benzene rings is 1. The Labute approximate surface area is 140 Å². The lowest BCUT2D eigenvalue weighted by Crippen LogP contribution is -2.19. The standard InChI is InChI=1S/C16H11F2N5O2/c17-10-4-1-5-11(18)13(10)15(24)22-12-8-20-23-14(12)16(25)21-9-3-2-6-19-7-9/h1-8H,(H,20,23)(H,21,25)(H,22,24). The number of nitrogens with zero attached hydrogens (tertiary/aromatic N) is 2. The van der Waals surface area contributed by atoms with Crippen LogP contribution < -0.4 is 10.6 Å². The minimum absolute atomic E-state index is 0.0194. The molecule has 2 heterocycles. The zero-order valence-electron chi connectivity index (χ0n) is 12.6. The molecule has 0 aliphatic carbocycles. The van der Waals surface area contributed by atoms with Crippen molar-refractivity contribution < 1.29 is 18.4 Å². The van der Waals surface area contributed by atoms with E-state index in [0.717, 1.165) is 18.2 Å². The van der Waals surface area contributed by atoms with E-state index in [4.69, 9.17) is 0 Å². The summed E-state index contributed by atoms with van der Waals surface area (Å²) in [5, 5.41) is 11.0. The summed E-state index contributed by atoms with van der Waals surface area (Å²) in [4.78, 5) is 28.2. The monoisotopic (exact) mass is 343 g/mol. The minimum Gasteiger partial charge on any atom is -0.319 e. The highest BCUT2D eigenvalue weighted by molar-refractivity contribution is 6.11. The molecule has 3 rings (SSSR count). The summed E-state index contributed by atoms with van der Waals surface area (Å²) < 4.78 is 27.3. The molecule has 0 bridgehead atoms. The molecule has 0 aliphatic heterocycles. The molecule has 0 saturated heterocycles. The van der Waals surface area contributed by atoms with Gasteiger partial charge in [-0.15, -0.1) is 0 Å². The van der Waals surface area contributed by atoms with Crippen molar-refractivity contribution in [2.45, 2.75) is 0 Å². The average Bonchev–Trinajstić information content (AvgIpc) is 3.04. The maximum atomic E-state index is 13.7. The van der Waals surface area contributed by atoms with Crippen LogP contribution in [0.4, 0.5) is 20.2 Å². The van der Waals surface area contributed by atoms with Crippen LogP contribution in [0, 0.1) is 11.6 Å². The van der Waals surface area contributed by atoms with Crippen molar-refractivity contribution in [1.82, 2.24) is 15.2 Å². The zero-order valence-corrected chi connectivity index (χ0v) is 12.6. The number of pyridine rings is 1. The first-order chi connectivity index (χ1) is 12.1. The number of hydrogen-bond acceptors (Lipinski definition) is 4. The van der Waals surface area contributed by atoms with Crippen molar-refractivity contribution >= 4 is 23.2 Å². The van der Waals surface area contributed by atoms with Crippen LogP contribution in [0.5, 0.6) is 0 Å². The molecule has 1 aromatic carbocycles. The second-order valence-corrected chi connectivity index (χ2v) is 4.89. The van der Waals surface area contributed by atoms with E-state index in [1.165, 1.54) is 12.4 Å². The molecular formula is C16H11F2N5O2. The molecule has 25 heavy (non-hydrogen) atoms. The number of rotatable bonds is 4. The number of aromatic amines is 1. The van der Waals surface area contributed by atoms with Crippen LogP contribution >= 0.6 is 0 Å². The number of anilines is 2. The third kappa shape index (κ3) is 3.50. The Kier molecular flexibility index (Phi) is 4.46. The molecule has 0 aliphatic rings. The maximum absolute atomic E-state index is 13.7. The van der Waals surface area contributed by atoms with Gasteiger partial charge in [0.15, 0.2) is 5.69 Å². The van der Waals surface area contributed by atoms with Gasteiger partial charge >= 0.3 is 0 Å². The molecule has 0 spiro atoms. The number of carbonyl (C=O) groups is 2. The zero-order chi connectivity index (χ0) is 17.8. The van der Waals surface area contributed by atoms with E-state index < -0.39 is 29.0 Å². The van der Waals surface area contributed by atoms with Gasteiger partial charge in [-0.1, -0.05) is 6.07 Å². The van der Waals surface area contributed by atoms with Gasteiger partial charge < -0.3 is 10.6 Å². The topological polar surface area (TPSA) is 99.8 Å². The number of H-pyrrole nitrogens is 1. The van der Waals surface area contributed by atoms with Crippen molar-refractivity contribution in [2.75, 3.05) is 10.6 Å². The largest absolute Gasteiger partial charge is 0.319 e. The first kappa shape index (κ1) is 16.2. The van der Waals surface area contributed by atoms with Crippen LogP contribution in [0.3, 0.4) is 0 Å². The van der Waals surface area contributed by atoms with E-state index in [-0.39, 0.29) is 11.4 Å². The second kappa shape index (κ2) is 6.87. The molecule has 2 amide bonds.